The zero-order valence-corrected chi connectivity index (χ0v) is 17.6. The number of carbonyl (C=O) groups excluding carboxylic acids is 1. The molecule has 0 aromatic heterocycles. The molecule has 7 heteroatoms. The zero-order valence-electron chi connectivity index (χ0n) is 17.6. The molecule has 0 saturated carbocycles. The molecule has 2 atom stereocenters. The Kier molecular flexibility index (Phi) is 10.5. The Morgan fingerprint density at radius 1 is 1.12 bits per heavy atom. The molecule has 152 valence electrons. The maximum absolute atomic E-state index is 12.0. The molecule has 0 spiro atoms. The molecule has 0 radical (unpaired) electrons. The number of carboxylic acid groups (broad SMARTS) is 1. The first kappa shape index (κ1) is 24.9. The predicted molar refractivity (Wildman–Crippen MR) is 108 cm³/mol. The highest BCUT2D eigenvalue weighted by Gasteiger charge is 2.26. The highest BCUT2D eigenvalue weighted by Crippen LogP contribution is 2.27. The van der Waals surface area contributed by atoms with Gasteiger partial charge in [-0.25, -0.2) is 0 Å². The number of amides is 1. The average Bonchev–Trinajstić information content (AvgIpc) is 2.52. The Hall–Kier alpha value is -1.08. The van der Waals surface area contributed by atoms with Crippen LogP contribution in [-0.4, -0.2) is 49.1 Å². The Balaban J connectivity index is 3.91. The van der Waals surface area contributed by atoms with Crippen LogP contribution in [0.3, 0.4) is 0 Å². The molecule has 0 fully saturated rings. The second-order valence-electron chi connectivity index (χ2n) is 8.86. The van der Waals surface area contributed by atoms with Gasteiger partial charge in [0.25, 0.3) is 0 Å². The Bertz CT molecular complexity index is 451. The first-order valence-electron chi connectivity index (χ1n) is 9.74. The SMILES string of the molecule is BC(C)(CCCCNC(=O)CCC(C)(C)OCCC(C)(N)CC)C(=O)O. The van der Waals surface area contributed by atoms with Gasteiger partial charge in [-0.3, -0.25) is 9.59 Å². The Morgan fingerprint density at radius 3 is 2.27 bits per heavy atom. The van der Waals surface area contributed by atoms with Gasteiger partial charge in [-0.05, 0) is 52.9 Å². The molecule has 4 N–H and O–H groups in total. The van der Waals surface area contributed by atoms with E-state index in [9.17, 15) is 9.59 Å². The predicted octanol–water partition coefficient (Wildman–Crippen LogP) is 2.26. The molecule has 0 aromatic carbocycles. The molecule has 6 nitrogen and oxygen atoms in total. The van der Waals surface area contributed by atoms with Gasteiger partial charge in [0.05, 0.1) is 5.60 Å². The summed E-state index contributed by atoms with van der Waals surface area (Å²) in [4.78, 5) is 23.0. The van der Waals surface area contributed by atoms with E-state index in [1.54, 1.807) is 14.8 Å². The summed E-state index contributed by atoms with van der Waals surface area (Å²) < 4.78 is 5.90. The van der Waals surface area contributed by atoms with Gasteiger partial charge in [-0.15, -0.1) is 0 Å². The number of rotatable bonds is 14. The van der Waals surface area contributed by atoms with E-state index in [2.05, 4.69) is 12.2 Å². The fraction of sp³-hybridized carbons (Fsp3) is 0.895. The van der Waals surface area contributed by atoms with Crippen LogP contribution in [0.1, 0.15) is 79.6 Å². The summed E-state index contributed by atoms with van der Waals surface area (Å²) in [5, 5.41) is 11.3. The van der Waals surface area contributed by atoms with E-state index < -0.39 is 11.3 Å². The lowest BCUT2D eigenvalue weighted by Crippen LogP contribution is -2.38. The van der Waals surface area contributed by atoms with Crippen LogP contribution in [0.25, 0.3) is 0 Å². The molecule has 26 heavy (non-hydrogen) atoms. The van der Waals surface area contributed by atoms with Crippen molar-refractivity contribution in [2.75, 3.05) is 13.2 Å². The lowest BCUT2D eigenvalue weighted by Gasteiger charge is -2.28. The van der Waals surface area contributed by atoms with Crippen molar-refractivity contribution in [3.05, 3.63) is 0 Å². The van der Waals surface area contributed by atoms with Crippen molar-refractivity contribution >= 4 is 19.7 Å². The second kappa shape index (κ2) is 10.9. The largest absolute Gasteiger partial charge is 0.481 e. The normalized spacial score (nSPS) is 16.5. The van der Waals surface area contributed by atoms with Crippen LogP contribution in [0.15, 0.2) is 0 Å². The number of unbranched alkanes of at least 4 members (excludes halogenated alkanes) is 1. The van der Waals surface area contributed by atoms with E-state index in [-0.39, 0.29) is 17.0 Å². The quantitative estimate of drug-likeness (QED) is 0.322. The van der Waals surface area contributed by atoms with Gasteiger partial charge in [-0.1, -0.05) is 20.3 Å². The third-order valence-electron chi connectivity index (χ3n) is 5.06. The molecule has 0 rings (SSSR count). The lowest BCUT2D eigenvalue weighted by molar-refractivity contribution is -0.140. The summed E-state index contributed by atoms with van der Waals surface area (Å²) in [6.07, 6.45) is 4.95. The monoisotopic (exact) mass is 370 g/mol. The molecule has 0 aliphatic rings. The van der Waals surface area contributed by atoms with Gasteiger partial charge in [0.15, 0.2) is 0 Å². The second-order valence-corrected chi connectivity index (χ2v) is 8.86. The topological polar surface area (TPSA) is 102 Å². The molecular formula is C19H39BN2O4. The first-order valence-corrected chi connectivity index (χ1v) is 9.74. The molecule has 0 aromatic rings. The molecular weight excluding hydrogens is 331 g/mol. The standard InChI is InChI=1S/C19H39BN2O4/c1-6-18(4,21)12-14-26-17(2,3)11-9-15(23)22-13-8-7-10-19(5,20)16(24)25/h6-14,20-21H2,1-5H3,(H,22,23)(H,24,25). The number of nitrogens with one attached hydrogen (secondary N) is 1. The number of ether oxygens (including phenoxy) is 1. The molecule has 0 saturated heterocycles. The molecule has 0 heterocycles. The van der Waals surface area contributed by atoms with Gasteiger partial charge in [0, 0.05) is 30.4 Å². The lowest BCUT2D eigenvalue weighted by atomic mass is 9.67. The molecule has 0 aliphatic heterocycles. The minimum atomic E-state index is -0.780. The van der Waals surface area contributed by atoms with Gasteiger partial charge in [0.1, 0.15) is 7.85 Å². The van der Waals surface area contributed by atoms with E-state index in [0.717, 1.165) is 25.7 Å². The van der Waals surface area contributed by atoms with Crippen molar-refractivity contribution in [1.82, 2.24) is 5.32 Å². The van der Waals surface area contributed by atoms with Crippen molar-refractivity contribution in [1.29, 1.82) is 0 Å². The summed E-state index contributed by atoms with van der Waals surface area (Å²) in [5.41, 5.74) is 5.55. The fourth-order valence-electron chi connectivity index (χ4n) is 2.34. The Morgan fingerprint density at radius 2 is 1.73 bits per heavy atom. The van der Waals surface area contributed by atoms with Crippen LogP contribution in [0.2, 0.25) is 5.31 Å². The van der Waals surface area contributed by atoms with E-state index in [0.29, 0.717) is 32.4 Å². The zero-order chi connectivity index (χ0) is 20.4. The highest BCUT2D eigenvalue weighted by molar-refractivity contribution is 6.26. The summed E-state index contributed by atoms with van der Waals surface area (Å²) in [6, 6.07) is 0. The summed E-state index contributed by atoms with van der Waals surface area (Å²) >= 11 is 0. The average molecular weight is 370 g/mol. The van der Waals surface area contributed by atoms with Crippen LogP contribution in [0.5, 0.6) is 0 Å². The van der Waals surface area contributed by atoms with E-state index in [1.807, 2.05) is 20.8 Å². The maximum atomic E-state index is 12.0. The third kappa shape index (κ3) is 11.5. The van der Waals surface area contributed by atoms with Crippen molar-refractivity contribution < 1.29 is 19.4 Å². The van der Waals surface area contributed by atoms with E-state index >= 15 is 0 Å². The van der Waals surface area contributed by atoms with Crippen molar-refractivity contribution in [2.45, 2.75) is 96.0 Å². The Labute approximate surface area is 160 Å². The van der Waals surface area contributed by atoms with Gasteiger partial charge in [0.2, 0.25) is 5.91 Å². The smallest absolute Gasteiger partial charge is 0.301 e. The van der Waals surface area contributed by atoms with Crippen LogP contribution in [0.4, 0.5) is 0 Å². The maximum Gasteiger partial charge on any atom is 0.301 e. The van der Waals surface area contributed by atoms with Crippen LogP contribution in [-0.2, 0) is 14.3 Å². The number of nitrogens with two attached hydrogens (primary N) is 1. The van der Waals surface area contributed by atoms with Crippen LogP contribution < -0.4 is 11.1 Å². The van der Waals surface area contributed by atoms with Crippen LogP contribution >= 0.6 is 0 Å². The summed E-state index contributed by atoms with van der Waals surface area (Å²) in [7, 11) is 1.73. The fourth-order valence-corrected chi connectivity index (χ4v) is 2.34. The number of hydrogen-bond acceptors (Lipinski definition) is 4. The number of aliphatic carboxylic acids is 1. The van der Waals surface area contributed by atoms with Gasteiger partial charge in [-0.2, -0.15) is 0 Å². The van der Waals surface area contributed by atoms with Crippen molar-refractivity contribution in [2.24, 2.45) is 5.73 Å². The number of carboxylic acids is 1. The molecule has 0 bridgehead atoms. The summed E-state index contributed by atoms with van der Waals surface area (Å²) in [6.45, 7) is 11.0. The van der Waals surface area contributed by atoms with Crippen LogP contribution in [0, 0.1) is 0 Å². The number of hydrogen-bond donors (Lipinski definition) is 3. The van der Waals surface area contributed by atoms with Gasteiger partial charge < -0.3 is 20.9 Å². The van der Waals surface area contributed by atoms with Crippen molar-refractivity contribution in [3.63, 3.8) is 0 Å². The van der Waals surface area contributed by atoms with E-state index in [4.69, 9.17) is 15.6 Å². The molecule has 0 aliphatic carbocycles. The number of carbonyl (C=O) groups is 2. The molecule has 2 unspecified atom stereocenters. The van der Waals surface area contributed by atoms with Gasteiger partial charge >= 0.3 is 5.97 Å². The minimum absolute atomic E-state index is 0.0105. The third-order valence-corrected chi connectivity index (χ3v) is 5.06. The first-order chi connectivity index (χ1) is 11.8. The van der Waals surface area contributed by atoms with Crippen molar-refractivity contribution in [3.8, 4) is 0 Å². The van der Waals surface area contributed by atoms with E-state index in [1.165, 1.54) is 0 Å². The molecule has 1 amide bonds. The highest BCUT2D eigenvalue weighted by atomic mass is 16.5. The summed E-state index contributed by atoms with van der Waals surface area (Å²) in [5.74, 6) is -0.769. The minimum Gasteiger partial charge on any atom is -0.481 e.